The number of nitrogens with zero attached hydrogens (tertiary/aromatic N) is 3. The summed E-state index contributed by atoms with van der Waals surface area (Å²) in [7, 11) is 3.62. The summed E-state index contributed by atoms with van der Waals surface area (Å²) in [4.78, 5) is 15.4. The third kappa shape index (κ3) is 4.46. The van der Waals surface area contributed by atoms with Gasteiger partial charge in [-0.15, -0.1) is 0 Å². The number of hydrogen-bond donors (Lipinski definition) is 2. The molecule has 2 amide bonds. The number of nitrogens with one attached hydrogen (secondary N) is 2. The minimum Gasteiger partial charge on any atom is -0.331 e. The average Bonchev–Trinajstić information content (AvgIpc) is 2.89. The number of aryl methyl sites for hydroxylation is 2. The Kier molecular flexibility index (Phi) is 5.61. The number of H-pyrrole nitrogens is 1. The Hall–Kier alpha value is -1.56. The molecule has 1 aromatic rings. The van der Waals surface area contributed by atoms with Crippen molar-refractivity contribution in [2.75, 3.05) is 33.7 Å². The average molecular weight is 293 g/mol. The number of amides is 2. The van der Waals surface area contributed by atoms with Gasteiger partial charge in [0.25, 0.3) is 0 Å². The lowest BCUT2D eigenvalue weighted by Gasteiger charge is -2.34. The molecule has 0 spiro atoms. The first-order valence-corrected chi connectivity index (χ1v) is 7.76. The standard InChI is InChI=1S/C15H27N5O/c1-12-13(11-17-18-12)5-4-8-16-14-6-9-20(10-7-14)15(21)19(2)3/h11,14,16H,4-10H2,1-3H3,(H,17,18). The van der Waals surface area contributed by atoms with Gasteiger partial charge in [0.2, 0.25) is 0 Å². The molecule has 0 unspecified atom stereocenters. The molecule has 0 aliphatic carbocycles. The fourth-order valence-corrected chi connectivity index (χ4v) is 2.77. The summed E-state index contributed by atoms with van der Waals surface area (Å²) in [6, 6.07) is 0.672. The van der Waals surface area contributed by atoms with Crippen LogP contribution in [0.15, 0.2) is 6.20 Å². The van der Waals surface area contributed by atoms with Gasteiger partial charge in [-0.2, -0.15) is 5.10 Å². The van der Waals surface area contributed by atoms with Crippen LogP contribution in [0.25, 0.3) is 0 Å². The van der Waals surface area contributed by atoms with E-state index < -0.39 is 0 Å². The zero-order valence-corrected chi connectivity index (χ0v) is 13.4. The van der Waals surface area contributed by atoms with Crippen LogP contribution in [0.2, 0.25) is 0 Å². The molecule has 2 rings (SSSR count). The SMILES string of the molecule is Cc1[nH]ncc1CCCNC1CCN(C(=O)N(C)C)CC1. The summed E-state index contributed by atoms with van der Waals surface area (Å²) in [6.45, 7) is 4.80. The Morgan fingerprint density at radius 3 is 2.76 bits per heavy atom. The summed E-state index contributed by atoms with van der Waals surface area (Å²) in [5, 5.41) is 10.6. The molecule has 2 N–H and O–H groups in total. The molecule has 1 fully saturated rings. The molecule has 118 valence electrons. The van der Waals surface area contributed by atoms with Gasteiger partial charge in [0.05, 0.1) is 6.20 Å². The molecule has 1 saturated heterocycles. The van der Waals surface area contributed by atoms with Crippen molar-refractivity contribution < 1.29 is 4.79 Å². The first kappa shape index (κ1) is 15.8. The van der Waals surface area contributed by atoms with E-state index in [-0.39, 0.29) is 6.03 Å². The minimum atomic E-state index is 0.129. The maximum Gasteiger partial charge on any atom is 0.319 e. The van der Waals surface area contributed by atoms with Gasteiger partial charge in [0, 0.05) is 38.9 Å². The van der Waals surface area contributed by atoms with Gasteiger partial charge in [-0.05, 0) is 44.7 Å². The van der Waals surface area contributed by atoms with Crippen LogP contribution in [0.1, 0.15) is 30.5 Å². The number of urea groups is 1. The highest BCUT2D eigenvalue weighted by Crippen LogP contribution is 2.12. The van der Waals surface area contributed by atoms with Crippen LogP contribution in [-0.4, -0.2) is 65.8 Å². The van der Waals surface area contributed by atoms with Crippen molar-refractivity contribution in [2.45, 2.75) is 38.6 Å². The second-order valence-corrected chi connectivity index (χ2v) is 6.02. The van der Waals surface area contributed by atoms with Crippen LogP contribution in [0.3, 0.4) is 0 Å². The molecule has 0 atom stereocenters. The lowest BCUT2D eigenvalue weighted by molar-refractivity contribution is 0.152. The highest BCUT2D eigenvalue weighted by atomic mass is 16.2. The fourth-order valence-electron chi connectivity index (χ4n) is 2.77. The molecule has 6 heteroatoms. The maximum absolute atomic E-state index is 11.9. The number of aromatic amines is 1. The number of carbonyl (C=O) groups excluding carboxylic acids is 1. The third-order valence-electron chi connectivity index (χ3n) is 4.14. The van der Waals surface area contributed by atoms with Crippen molar-refractivity contribution >= 4 is 6.03 Å². The first-order chi connectivity index (χ1) is 10.1. The van der Waals surface area contributed by atoms with Crippen LogP contribution in [-0.2, 0) is 6.42 Å². The number of rotatable bonds is 5. The molecular weight excluding hydrogens is 266 g/mol. The van der Waals surface area contributed by atoms with Gasteiger partial charge in [0.1, 0.15) is 0 Å². The largest absolute Gasteiger partial charge is 0.331 e. The molecule has 0 radical (unpaired) electrons. The normalized spacial score (nSPS) is 16.2. The highest BCUT2D eigenvalue weighted by molar-refractivity contribution is 5.73. The van der Waals surface area contributed by atoms with E-state index in [9.17, 15) is 4.79 Å². The van der Waals surface area contributed by atoms with Crippen LogP contribution < -0.4 is 5.32 Å². The second kappa shape index (κ2) is 7.45. The number of aromatic nitrogens is 2. The lowest BCUT2D eigenvalue weighted by Crippen LogP contribution is -2.48. The van der Waals surface area contributed by atoms with E-state index in [1.54, 1.807) is 4.90 Å². The van der Waals surface area contributed by atoms with Gasteiger partial charge in [-0.1, -0.05) is 0 Å². The predicted molar refractivity (Wildman–Crippen MR) is 83.3 cm³/mol. The van der Waals surface area contributed by atoms with E-state index in [1.165, 1.54) is 11.3 Å². The molecule has 6 nitrogen and oxygen atoms in total. The van der Waals surface area contributed by atoms with Crippen LogP contribution in [0.5, 0.6) is 0 Å². The predicted octanol–water partition coefficient (Wildman–Crippen LogP) is 1.39. The van der Waals surface area contributed by atoms with E-state index in [4.69, 9.17) is 0 Å². The zero-order valence-electron chi connectivity index (χ0n) is 13.4. The van der Waals surface area contributed by atoms with E-state index in [0.29, 0.717) is 6.04 Å². The van der Waals surface area contributed by atoms with Crippen molar-refractivity contribution in [3.05, 3.63) is 17.5 Å². The van der Waals surface area contributed by atoms with Gasteiger partial charge < -0.3 is 15.1 Å². The van der Waals surface area contributed by atoms with Gasteiger partial charge in [-0.3, -0.25) is 5.10 Å². The molecule has 21 heavy (non-hydrogen) atoms. The van der Waals surface area contributed by atoms with Crippen LogP contribution in [0, 0.1) is 6.92 Å². The van der Waals surface area contributed by atoms with Gasteiger partial charge in [0.15, 0.2) is 0 Å². The smallest absolute Gasteiger partial charge is 0.319 e. The summed E-state index contributed by atoms with van der Waals surface area (Å²) < 4.78 is 0. The van der Waals surface area contributed by atoms with Gasteiger partial charge >= 0.3 is 6.03 Å². The van der Waals surface area contributed by atoms with Gasteiger partial charge in [-0.25, -0.2) is 4.79 Å². The summed E-state index contributed by atoms with van der Waals surface area (Å²) in [5.41, 5.74) is 2.48. The zero-order chi connectivity index (χ0) is 15.2. The number of hydrogen-bond acceptors (Lipinski definition) is 3. The maximum atomic E-state index is 11.9. The minimum absolute atomic E-state index is 0.129. The van der Waals surface area contributed by atoms with Crippen molar-refractivity contribution in [3.63, 3.8) is 0 Å². The quantitative estimate of drug-likeness (QED) is 0.806. The van der Waals surface area contributed by atoms with Crippen molar-refractivity contribution in [1.82, 2.24) is 25.3 Å². The lowest BCUT2D eigenvalue weighted by atomic mass is 10.0. The highest BCUT2D eigenvalue weighted by Gasteiger charge is 2.23. The Balaban J connectivity index is 1.61. The number of carbonyl (C=O) groups is 1. The van der Waals surface area contributed by atoms with E-state index >= 15 is 0 Å². The molecule has 1 aliphatic heterocycles. The van der Waals surface area contributed by atoms with E-state index in [0.717, 1.165) is 45.3 Å². The first-order valence-electron chi connectivity index (χ1n) is 7.76. The van der Waals surface area contributed by atoms with Crippen molar-refractivity contribution in [3.8, 4) is 0 Å². The van der Waals surface area contributed by atoms with Crippen molar-refractivity contribution in [1.29, 1.82) is 0 Å². The second-order valence-electron chi connectivity index (χ2n) is 6.02. The molecule has 1 aromatic heterocycles. The Morgan fingerprint density at radius 1 is 1.48 bits per heavy atom. The Bertz CT molecular complexity index is 449. The fraction of sp³-hybridized carbons (Fsp3) is 0.733. The molecule has 0 aromatic carbocycles. The molecule has 0 bridgehead atoms. The number of likely N-dealkylation sites (tertiary alicyclic amines) is 1. The number of piperidine rings is 1. The molecule has 2 heterocycles. The van der Waals surface area contributed by atoms with E-state index in [2.05, 4.69) is 22.4 Å². The Labute approximate surface area is 126 Å². The topological polar surface area (TPSA) is 64.3 Å². The third-order valence-corrected chi connectivity index (χ3v) is 4.14. The molecular formula is C15H27N5O. The molecule has 1 aliphatic rings. The molecule has 0 saturated carbocycles. The van der Waals surface area contributed by atoms with Crippen molar-refractivity contribution in [2.24, 2.45) is 0 Å². The summed E-state index contributed by atoms with van der Waals surface area (Å²) in [5.74, 6) is 0. The summed E-state index contributed by atoms with van der Waals surface area (Å²) in [6.07, 6.45) is 6.19. The monoisotopic (exact) mass is 293 g/mol. The summed E-state index contributed by atoms with van der Waals surface area (Å²) >= 11 is 0. The van der Waals surface area contributed by atoms with E-state index in [1.807, 2.05) is 25.2 Å². The van der Waals surface area contributed by atoms with Crippen LogP contribution >= 0.6 is 0 Å². The van der Waals surface area contributed by atoms with Crippen LogP contribution in [0.4, 0.5) is 4.79 Å². The Morgan fingerprint density at radius 2 is 2.19 bits per heavy atom.